The van der Waals surface area contributed by atoms with Crippen molar-refractivity contribution in [2.45, 2.75) is 6.92 Å². The molecular formula is C11H10. The first kappa shape index (κ1) is 9.34. The average molecular weight is 142 g/mol. The quantitative estimate of drug-likeness (QED) is 0.410. The number of hydrogen-bond acceptors (Lipinski definition) is 0. The maximum absolute atomic E-state index is 5.12. The summed E-state index contributed by atoms with van der Waals surface area (Å²) in [5, 5.41) is 0. The monoisotopic (exact) mass is 142 g/mol. The Morgan fingerprint density at radius 1 is 1.27 bits per heavy atom. The average Bonchev–Trinajstić information content (AvgIpc) is 2.02. The van der Waals surface area contributed by atoms with Crippen molar-refractivity contribution in [2.24, 2.45) is 0 Å². The second-order valence-corrected chi connectivity index (χ2v) is 2.12. The predicted octanol–water partition coefficient (Wildman–Crippen LogP) is 2.31. The molecule has 0 N–H and O–H groups in total. The molecular weight excluding hydrogens is 132 g/mol. The highest BCUT2D eigenvalue weighted by molar-refractivity contribution is 5.46. The van der Waals surface area contributed by atoms with Gasteiger partial charge in [-0.3, -0.25) is 0 Å². The third kappa shape index (κ3) is 3.14. The Labute approximate surface area is 68.3 Å². The van der Waals surface area contributed by atoms with Crippen LogP contribution in [-0.2, 0) is 0 Å². The lowest BCUT2D eigenvalue weighted by Crippen LogP contribution is -1.79. The fraction of sp³-hybridized carbons (Fsp3) is 0.0909. The highest BCUT2D eigenvalue weighted by Crippen LogP contribution is 2.07. The maximum Gasteiger partial charge on any atom is 0.0200 e. The molecule has 0 atom stereocenters. The molecule has 0 fully saturated rings. The van der Waals surface area contributed by atoms with E-state index in [0.717, 1.165) is 5.57 Å². The molecule has 0 heteroatoms. The summed E-state index contributed by atoms with van der Waals surface area (Å²) >= 11 is 0. The van der Waals surface area contributed by atoms with Crippen LogP contribution in [0.25, 0.3) is 0 Å². The molecule has 0 nitrogen and oxygen atoms in total. The fourth-order valence-electron chi connectivity index (χ4n) is 0.504. The minimum absolute atomic E-state index is 0.610. The van der Waals surface area contributed by atoms with Crippen molar-refractivity contribution >= 4 is 0 Å². The minimum atomic E-state index is 0.610. The molecule has 0 amide bonds. The second kappa shape index (κ2) is 4.20. The van der Waals surface area contributed by atoms with Crippen molar-refractivity contribution in [3.63, 3.8) is 0 Å². The summed E-state index contributed by atoms with van der Waals surface area (Å²) in [6.07, 6.45) is 11.9. The lowest BCUT2D eigenvalue weighted by molar-refractivity contribution is 1.46. The van der Waals surface area contributed by atoms with Gasteiger partial charge in [0.15, 0.2) is 0 Å². The van der Waals surface area contributed by atoms with Crippen molar-refractivity contribution < 1.29 is 0 Å². The molecule has 0 radical (unpaired) electrons. The Bertz CT molecular complexity index is 287. The molecule has 0 aliphatic carbocycles. The molecule has 0 aliphatic heterocycles. The smallest absolute Gasteiger partial charge is 0.0200 e. The van der Waals surface area contributed by atoms with Crippen LogP contribution in [0.15, 0.2) is 36.0 Å². The molecule has 0 saturated heterocycles. The highest BCUT2D eigenvalue weighted by atomic mass is 13.9. The first-order valence-corrected chi connectivity index (χ1v) is 3.11. The zero-order valence-electron chi connectivity index (χ0n) is 6.65. The van der Waals surface area contributed by atoms with E-state index in [1.54, 1.807) is 6.08 Å². The van der Waals surface area contributed by atoms with E-state index < -0.39 is 0 Å². The molecule has 0 saturated carbocycles. The van der Waals surface area contributed by atoms with Crippen LogP contribution >= 0.6 is 0 Å². The van der Waals surface area contributed by atoms with Crippen LogP contribution in [0.5, 0.6) is 0 Å². The summed E-state index contributed by atoms with van der Waals surface area (Å²) in [6, 6.07) is 0. The largest absolute Gasteiger partial charge is 0.115 e. The molecule has 54 valence electrons. The van der Waals surface area contributed by atoms with Gasteiger partial charge >= 0.3 is 0 Å². The molecule has 0 bridgehead atoms. The van der Waals surface area contributed by atoms with E-state index in [1.807, 2.05) is 6.92 Å². The molecule has 0 aromatic heterocycles. The van der Waals surface area contributed by atoms with E-state index in [2.05, 4.69) is 25.0 Å². The summed E-state index contributed by atoms with van der Waals surface area (Å²) in [5.74, 6) is 4.82. The molecule has 0 aromatic rings. The van der Waals surface area contributed by atoms with E-state index in [1.165, 1.54) is 0 Å². The minimum Gasteiger partial charge on any atom is -0.115 e. The van der Waals surface area contributed by atoms with Crippen LogP contribution in [0.4, 0.5) is 0 Å². The van der Waals surface area contributed by atoms with Gasteiger partial charge in [-0.1, -0.05) is 25.0 Å². The standard InChI is InChI=1S/C11H10/c1-6-9(3)8-11(5)10(4)7-2/h1-2,8H,3-4H2,5H3/b11-8-. The van der Waals surface area contributed by atoms with E-state index in [-0.39, 0.29) is 0 Å². The third-order valence-electron chi connectivity index (χ3n) is 1.23. The van der Waals surface area contributed by atoms with Gasteiger partial charge < -0.3 is 0 Å². The Morgan fingerprint density at radius 3 is 2.18 bits per heavy atom. The summed E-state index contributed by atoms with van der Waals surface area (Å²) in [5.41, 5.74) is 2.13. The van der Waals surface area contributed by atoms with E-state index in [4.69, 9.17) is 12.8 Å². The van der Waals surface area contributed by atoms with Gasteiger partial charge in [0.05, 0.1) is 0 Å². The van der Waals surface area contributed by atoms with Crippen molar-refractivity contribution in [1.29, 1.82) is 0 Å². The van der Waals surface area contributed by atoms with Crippen molar-refractivity contribution in [2.75, 3.05) is 0 Å². The zero-order valence-corrected chi connectivity index (χ0v) is 6.65. The van der Waals surface area contributed by atoms with Gasteiger partial charge in [-0.25, -0.2) is 0 Å². The summed E-state index contributed by atoms with van der Waals surface area (Å²) in [4.78, 5) is 0. The maximum atomic E-state index is 5.12. The van der Waals surface area contributed by atoms with E-state index in [0.29, 0.717) is 11.1 Å². The lowest BCUT2D eigenvalue weighted by atomic mass is 10.1. The van der Waals surface area contributed by atoms with Crippen LogP contribution in [-0.4, -0.2) is 0 Å². The van der Waals surface area contributed by atoms with Gasteiger partial charge in [0.1, 0.15) is 0 Å². The van der Waals surface area contributed by atoms with Crippen LogP contribution in [0.3, 0.4) is 0 Å². The van der Waals surface area contributed by atoms with Gasteiger partial charge in [-0.05, 0) is 18.6 Å². The number of rotatable bonds is 2. The van der Waals surface area contributed by atoms with Crippen LogP contribution < -0.4 is 0 Å². The first-order chi connectivity index (χ1) is 5.11. The molecule has 0 aliphatic rings. The Morgan fingerprint density at radius 2 is 1.82 bits per heavy atom. The SMILES string of the molecule is C#CC(=C)/C=C(/C)C(=C)C#C. The molecule has 0 aromatic carbocycles. The summed E-state index contributed by atoms with van der Waals surface area (Å²) in [7, 11) is 0. The number of terminal acetylenes is 2. The number of hydrogen-bond donors (Lipinski definition) is 0. The Hall–Kier alpha value is -1.66. The van der Waals surface area contributed by atoms with Crippen molar-refractivity contribution in [1.82, 2.24) is 0 Å². The lowest BCUT2D eigenvalue weighted by Gasteiger charge is -1.95. The normalized spacial score (nSPS) is 9.55. The van der Waals surface area contributed by atoms with Crippen molar-refractivity contribution in [3.05, 3.63) is 36.0 Å². The fourth-order valence-corrected chi connectivity index (χ4v) is 0.504. The topological polar surface area (TPSA) is 0 Å². The molecule has 0 rings (SSSR count). The van der Waals surface area contributed by atoms with E-state index in [9.17, 15) is 0 Å². The van der Waals surface area contributed by atoms with Crippen LogP contribution in [0.2, 0.25) is 0 Å². The predicted molar refractivity (Wildman–Crippen MR) is 49.7 cm³/mol. The van der Waals surface area contributed by atoms with Gasteiger partial charge in [0.2, 0.25) is 0 Å². The van der Waals surface area contributed by atoms with Gasteiger partial charge in [-0.15, -0.1) is 12.8 Å². The Balaban J connectivity index is 4.53. The molecule has 0 spiro atoms. The van der Waals surface area contributed by atoms with Crippen LogP contribution in [0.1, 0.15) is 6.92 Å². The molecule has 11 heavy (non-hydrogen) atoms. The van der Waals surface area contributed by atoms with Gasteiger partial charge in [-0.2, -0.15) is 0 Å². The third-order valence-corrected chi connectivity index (χ3v) is 1.23. The van der Waals surface area contributed by atoms with Crippen LogP contribution in [0, 0.1) is 24.7 Å². The molecule has 0 unspecified atom stereocenters. The second-order valence-electron chi connectivity index (χ2n) is 2.12. The summed E-state index contributed by atoms with van der Waals surface area (Å²) in [6.45, 7) is 9.11. The number of allylic oxidation sites excluding steroid dienone is 4. The summed E-state index contributed by atoms with van der Waals surface area (Å²) < 4.78 is 0. The zero-order chi connectivity index (χ0) is 8.85. The van der Waals surface area contributed by atoms with E-state index >= 15 is 0 Å². The Kier molecular flexibility index (Phi) is 3.57. The van der Waals surface area contributed by atoms with Gasteiger partial charge in [0, 0.05) is 11.1 Å². The highest BCUT2D eigenvalue weighted by Gasteiger charge is 1.91. The van der Waals surface area contributed by atoms with Crippen molar-refractivity contribution in [3.8, 4) is 24.7 Å². The van der Waals surface area contributed by atoms with Gasteiger partial charge in [0.25, 0.3) is 0 Å². The first-order valence-electron chi connectivity index (χ1n) is 3.11. The molecule has 0 heterocycles.